The summed E-state index contributed by atoms with van der Waals surface area (Å²) in [7, 11) is 0. The number of aliphatic hydroxyl groups is 1. The van der Waals surface area contributed by atoms with E-state index in [4.69, 9.17) is 15.1 Å². The van der Waals surface area contributed by atoms with Crippen LogP contribution in [0.25, 0.3) is 0 Å². The van der Waals surface area contributed by atoms with Gasteiger partial charge in [-0.05, 0) is 18.4 Å². The van der Waals surface area contributed by atoms with Crippen molar-refractivity contribution in [2.75, 3.05) is 19.7 Å². The number of piperidine rings is 1. The maximum atomic E-state index is 12.0. The van der Waals surface area contributed by atoms with E-state index in [-0.39, 0.29) is 24.5 Å². The molecule has 1 saturated heterocycles. The molecule has 1 aromatic rings. The lowest BCUT2D eigenvalue weighted by Crippen LogP contribution is -2.46. The zero-order chi connectivity index (χ0) is 17.4. The molecule has 1 aliphatic rings. The molecular formula is C17H21N3O4. The van der Waals surface area contributed by atoms with Gasteiger partial charge in [-0.1, -0.05) is 30.3 Å². The van der Waals surface area contributed by atoms with E-state index < -0.39 is 12.6 Å². The van der Waals surface area contributed by atoms with Gasteiger partial charge in [-0.15, -0.1) is 0 Å². The third-order valence-corrected chi connectivity index (χ3v) is 3.98. The average molecular weight is 331 g/mol. The maximum Gasteiger partial charge on any atom is 0.410 e. The zero-order valence-electron chi connectivity index (χ0n) is 13.4. The molecule has 0 unspecified atom stereocenters. The van der Waals surface area contributed by atoms with Crippen LogP contribution in [-0.2, 0) is 16.1 Å². The minimum absolute atomic E-state index is 0.223. The number of carbonyl (C=O) groups excluding carboxylic acids is 2. The lowest BCUT2D eigenvalue weighted by molar-refractivity contribution is -0.127. The van der Waals surface area contributed by atoms with Gasteiger partial charge < -0.3 is 20.1 Å². The third-order valence-electron chi connectivity index (χ3n) is 3.98. The Bertz CT molecular complexity index is 592. The number of ether oxygens (including phenoxy) is 1. The monoisotopic (exact) mass is 331 g/mol. The van der Waals surface area contributed by atoms with E-state index in [2.05, 4.69) is 5.32 Å². The Balaban J connectivity index is 1.74. The number of hydrogen-bond donors (Lipinski definition) is 2. The minimum Gasteiger partial charge on any atom is -0.445 e. The molecule has 128 valence electrons. The molecular weight excluding hydrogens is 310 g/mol. The number of benzene rings is 1. The molecule has 1 atom stereocenters. The summed E-state index contributed by atoms with van der Waals surface area (Å²) in [5.41, 5.74) is 0.923. The Morgan fingerprint density at radius 1 is 1.33 bits per heavy atom. The van der Waals surface area contributed by atoms with E-state index in [1.54, 1.807) is 4.90 Å². The number of carbonyl (C=O) groups is 2. The van der Waals surface area contributed by atoms with Crippen molar-refractivity contribution in [3.8, 4) is 6.07 Å². The highest BCUT2D eigenvalue weighted by Crippen LogP contribution is 2.18. The van der Waals surface area contributed by atoms with Crippen molar-refractivity contribution in [2.24, 2.45) is 5.92 Å². The van der Waals surface area contributed by atoms with Gasteiger partial charge in [-0.3, -0.25) is 4.79 Å². The van der Waals surface area contributed by atoms with Crippen LogP contribution < -0.4 is 5.32 Å². The van der Waals surface area contributed by atoms with Crippen molar-refractivity contribution in [3.05, 3.63) is 35.9 Å². The number of amides is 2. The van der Waals surface area contributed by atoms with Crippen LogP contribution in [0.15, 0.2) is 30.3 Å². The fraction of sp³-hybridized carbons (Fsp3) is 0.471. The predicted octanol–water partition coefficient (Wildman–Crippen LogP) is 1.04. The Hall–Kier alpha value is -2.59. The molecule has 7 heteroatoms. The maximum absolute atomic E-state index is 12.0. The van der Waals surface area contributed by atoms with Crippen molar-refractivity contribution >= 4 is 12.0 Å². The summed E-state index contributed by atoms with van der Waals surface area (Å²) in [6.07, 6.45) is 0.633. The first-order chi connectivity index (χ1) is 11.6. The number of nitrogens with one attached hydrogen (secondary N) is 1. The standard InChI is InChI=1S/C17H21N3O4/c18-10-15(11-21)19-16(22)14-6-8-20(9-7-14)17(23)24-12-13-4-2-1-3-5-13/h1-5,14-15,21H,6-9,11-12H2,(H,19,22)/t15-/m0/s1. The van der Waals surface area contributed by atoms with Gasteiger partial charge in [0.25, 0.3) is 0 Å². The number of hydrogen-bond acceptors (Lipinski definition) is 5. The van der Waals surface area contributed by atoms with E-state index in [0.717, 1.165) is 5.56 Å². The number of nitriles is 1. The third kappa shape index (κ3) is 4.96. The molecule has 1 fully saturated rings. The molecule has 24 heavy (non-hydrogen) atoms. The Morgan fingerprint density at radius 3 is 2.58 bits per heavy atom. The van der Waals surface area contributed by atoms with Gasteiger partial charge >= 0.3 is 6.09 Å². The molecule has 0 bridgehead atoms. The van der Waals surface area contributed by atoms with Gasteiger partial charge in [0.2, 0.25) is 5.91 Å². The second kappa shape index (κ2) is 8.89. The lowest BCUT2D eigenvalue weighted by Gasteiger charge is -2.30. The molecule has 0 radical (unpaired) electrons. The van der Waals surface area contributed by atoms with E-state index in [9.17, 15) is 9.59 Å². The molecule has 0 aromatic heterocycles. The van der Waals surface area contributed by atoms with Crippen molar-refractivity contribution in [1.82, 2.24) is 10.2 Å². The largest absolute Gasteiger partial charge is 0.445 e. The molecule has 1 aromatic carbocycles. The van der Waals surface area contributed by atoms with Crippen molar-refractivity contribution in [2.45, 2.75) is 25.5 Å². The van der Waals surface area contributed by atoms with Crippen LogP contribution in [-0.4, -0.2) is 47.7 Å². The van der Waals surface area contributed by atoms with Crippen LogP contribution in [0.1, 0.15) is 18.4 Å². The predicted molar refractivity (Wildman–Crippen MR) is 85.6 cm³/mol. The highest BCUT2D eigenvalue weighted by atomic mass is 16.6. The summed E-state index contributed by atoms with van der Waals surface area (Å²) >= 11 is 0. The van der Waals surface area contributed by atoms with Crippen molar-refractivity contribution < 1.29 is 19.4 Å². The molecule has 0 saturated carbocycles. The van der Waals surface area contributed by atoms with Crippen LogP contribution >= 0.6 is 0 Å². The summed E-state index contributed by atoms with van der Waals surface area (Å²) < 4.78 is 5.27. The first-order valence-electron chi connectivity index (χ1n) is 7.90. The number of aliphatic hydroxyl groups excluding tert-OH is 1. The average Bonchev–Trinajstić information content (AvgIpc) is 2.65. The van der Waals surface area contributed by atoms with Crippen LogP contribution in [0.5, 0.6) is 0 Å². The molecule has 1 aliphatic heterocycles. The second-order valence-corrected chi connectivity index (χ2v) is 5.67. The summed E-state index contributed by atoms with van der Waals surface area (Å²) in [4.78, 5) is 25.6. The number of rotatable bonds is 5. The van der Waals surface area contributed by atoms with E-state index in [1.807, 2.05) is 36.4 Å². The first-order valence-corrected chi connectivity index (χ1v) is 7.90. The summed E-state index contributed by atoms with van der Waals surface area (Å²) in [6, 6.07) is 10.4. The van der Waals surface area contributed by atoms with Crippen LogP contribution in [0.3, 0.4) is 0 Å². The number of nitrogens with zero attached hydrogens (tertiary/aromatic N) is 2. The highest BCUT2D eigenvalue weighted by molar-refractivity contribution is 5.79. The molecule has 1 heterocycles. The van der Waals surface area contributed by atoms with E-state index in [1.165, 1.54) is 0 Å². The van der Waals surface area contributed by atoms with Gasteiger partial charge in [0, 0.05) is 19.0 Å². The van der Waals surface area contributed by atoms with Gasteiger partial charge in [-0.25, -0.2) is 4.79 Å². The topological polar surface area (TPSA) is 103 Å². The minimum atomic E-state index is -0.883. The zero-order valence-corrected chi connectivity index (χ0v) is 13.4. The molecule has 0 aliphatic carbocycles. The molecule has 2 N–H and O–H groups in total. The van der Waals surface area contributed by atoms with Crippen molar-refractivity contribution in [1.29, 1.82) is 5.26 Å². The summed E-state index contributed by atoms with van der Waals surface area (Å²) in [5.74, 6) is -0.515. The molecule has 2 amide bonds. The Morgan fingerprint density at radius 2 is 2.00 bits per heavy atom. The highest BCUT2D eigenvalue weighted by Gasteiger charge is 2.29. The Kier molecular flexibility index (Phi) is 6.58. The van der Waals surface area contributed by atoms with Gasteiger partial charge in [0.15, 0.2) is 0 Å². The quantitative estimate of drug-likeness (QED) is 0.839. The van der Waals surface area contributed by atoms with Gasteiger partial charge in [0.05, 0.1) is 12.7 Å². The second-order valence-electron chi connectivity index (χ2n) is 5.67. The van der Waals surface area contributed by atoms with Crippen LogP contribution in [0.2, 0.25) is 0 Å². The molecule has 0 spiro atoms. The summed E-state index contributed by atoms with van der Waals surface area (Å²) in [5, 5.41) is 20.2. The fourth-order valence-electron chi connectivity index (χ4n) is 2.54. The lowest BCUT2D eigenvalue weighted by atomic mass is 9.96. The normalized spacial score (nSPS) is 16.1. The van der Waals surface area contributed by atoms with E-state index >= 15 is 0 Å². The Labute approximate surface area is 140 Å². The smallest absolute Gasteiger partial charge is 0.410 e. The fourth-order valence-corrected chi connectivity index (χ4v) is 2.54. The van der Waals surface area contributed by atoms with Gasteiger partial charge in [0.1, 0.15) is 12.6 Å². The van der Waals surface area contributed by atoms with Crippen molar-refractivity contribution in [3.63, 3.8) is 0 Å². The van der Waals surface area contributed by atoms with Crippen LogP contribution in [0, 0.1) is 17.2 Å². The van der Waals surface area contributed by atoms with Gasteiger partial charge in [-0.2, -0.15) is 5.26 Å². The molecule has 7 nitrogen and oxygen atoms in total. The van der Waals surface area contributed by atoms with Crippen LogP contribution in [0.4, 0.5) is 4.79 Å². The SMILES string of the molecule is N#C[C@@H](CO)NC(=O)C1CCN(C(=O)OCc2ccccc2)CC1. The first kappa shape index (κ1) is 17.8. The molecule has 2 rings (SSSR count). The number of likely N-dealkylation sites (tertiary alicyclic amines) is 1. The summed E-state index contributed by atoms with van der Waals surface area (Å²) in [6.45, 7) is 0.678. The van der Waals surface area contributed by atoms with E-state index in [0.29, 0.717) is 25.9 Å².